The molecule has 44 heavy (non-hydrogen) atoms. The van der Waals surface area contributed by atoms with Crippen LogP contribution in [0.1, 0.15) is 0 Å². The van der Waals surface area contributed by atoms with Crippen molar-refractivity contribution in [3.63, 3.8) is 0 Å². The van der Waals surface area contributed by atoms with Crippen LogP contribution in [0.2, 0.25) is 0 Å². The zero-order valence-corrected chi connectivity index (χ0v) is 23.8. The van der Waals surface area contributed by atoms with Crippen molar-refractivity contribution < 1.29 is 4.42 Å². The van der Waals surface area contributed by atoms with Gasteiger partial charge in [-0.25, -0.2) is 0 Å². The third-order valence-corrected chi connectivity index (χ3v) is 9.38. The summed E-state index contributed by atoms with van der Waals surface area (Å²) in [7, 11) is 0. The summed E-state index contributed by atoms with van der Waals surface area (Å²) in [4.78, 5) is 0. The zero-order valence-electron chi connectivity index (χ0n) is 23.8. The molecule has 0 radical (unpaired) electrons. The van der Waals surface area contributed by atoms with Crippen LogP contribution < -0.4 is 0 Å². The second-order valence-electron chi connectivity index (χ2n) is 11.7. The lowest BCUT2D eigenvalue weighted by Gasteiger charge is -2.15. The molecule has 0 N–H and O–H groups in total. The fourth-order valence-corrected chi connectivity index (χ4v) is 7.52. The molecule has 0 atom stereocenters. The summed E-state index contributed by atoms with van der Waals surface area (Å²) >= 11 is 0. The van der Waals surface area contributed by atoms with Gasteiger partial charge in [0.1, 0.15) is 11.2 Å². The lowest BCUT2D eigenvalue weighted by atomic mass is 9.94. The molecule has 204 valence electrons. The number of hydrogen-bond donors (Lipinski definition) is 0. The number of nitrogens with zero attached hydrogens (tertiary/aromatic N) is 1. The number of rotatable bonds is 2. The van der Waals surface area contributed by atoms with Crippen molar-refractivity contribution in [2.75, 3.05) is 0 Å². The number of benzene rings is 8. The van der Waals surface area contributed by atoms with Gasteiger partial charge in [-0.2, -0.15) is 0 Å². The molecule has 0 fully saturated rings. The van der Waals surface area contributed by atoms with Crippen LogP contribution in [0, 0.1) is 0 Å². The summed E-state index contributed by atoms with van der Waals surface area (Å²) in [5, 5.41) is 12.4. The summed E-state index contributed by atoms with van der Waals surface area (Å²) in [6.07, 6.45) is 0. The fourth-order valence-electron chi connectivity index (χ4n) is 7.52. The van der Waals surface area contributed by atoms with Crippen LogP contribution >= 0.6 is 0 Å². The van der Waals surface area contributed by atoms with Gasteiger partial charge in [0.15, 0.2) is 0 Å². The Labute approximate surface area is 253 Å². The molecule has 0 amide bonds. The summed E-state index contributed by atoms with van der Waals surface area (Å²) in [6, 6.07) is 54.8. The maximum atomic E-state index is 6.27. The van der Waals surface area contributed by atoms with E-state index < -0.39 is 0 Å². The van der Waals surface area contributed by atoms with Gasteiger partial charge in [-0.3, -0.25) is 0 Å². The summed E-state index contributed by atoms with van der Waals surface area (Å²) in [5.41, 5.74) is 7.84. The number of hydrogen-bond acceptors (Lipinski definition) is 1. The van der Waals surface area contributed by atoms with Gasteiger partial charge >= 0.3 is 0 Å². The highest BCUT2D eigenvalue weighted by atomic mass is 16.3. The van der Waals surface area contributed by atoms with Crippen molar-refractivity contribution >= 4 is 76.1 Å². The molecule has 0 saturated heterocycles. The molecule has 2 aromatic heterocycles. The van der Waals surface area contributed by atoms with E-state index in [-0.39, 0.29) is 0 Å². The highest BCUT2D eigenvalue weighted by molar-refractivity contribution is 6.29. The molecule has 10 aromatic rings. The molecule has 2 heteroatoms. The van der Waals surface area contributed by atoms with Crippen LogP contribution in [0.5, 0.6) is 0 Å². The maximum Gasteiger partial charge on any atom is 0.136 e. The highest BCUT2D eigenvalue weighted by Gasteiger charge is 2.20. The lowest BCUT2D eigenvalue weighted by molar-refractivity contribution is 0.669. The van der Waals surface area contributed by atoms with Crippen molar-refractivity contribution in [2.24, 2.45) is 0 Å². The Morgan fingerprint density at radius 1 is 0.341 bits per heavy atom. The Hall–Kier alpha value is -5.86. The van der Waals surface area contributed by atoms with E-state index in [9.17, 15) is 0 Å². The van der Waals surface area contributed by atoms with Crippen LogP contribution in [-0.4, -0.2) is 4.57 Å². The fraction of sp³-hybridized carbons (Fsp3) is 0. The normalized spacial score (nSPS) is 12.1. The first-order valence-electron chi connectivity index (χ1n) is 15.1. The van der Waals surface area contributed by atoms with Gasteiger partial charge in [0.25, 0.3) is 0 Å². The van der Waals surface area contributed by atoms with E-state index in [0.717, 1.165) is 21.9 Å². The van der Waals surface area contributed by atoms with Gasteiger partial charge in [-0.1, -0.05) is 121 Å². The largest absolute Gasteiger partial charge is 0.456 e. The van der Waals surface area contributed by atoms with E-state index in [2.05, 4.69) is 150 Å². The van der Waals surface area contributed by atoms with Gasteiger partial charge in [-0.05, 0) is 68.4 Å². The molecule has 0 aliphatic heterocycles. The quantitative estimate of drug-likeness (QED) is 0.206. The van der Waals surface area contributed by atoms with E-state index in [4.69, 9.17) is 4.42 Å². The smallest absolute Gasteiger partial charge is 0.136 e. The second kappa shape index (κ2) is 8.82. The van der Waals surface area contributed by atoms with Gasteiger partial charge in [0.05, 0.1) is 16.7 Å². The third-order valence-electron chi connectivity index (χ3n) is 9.38. The standard InChI is InChI=1S/C42H25NO/c1-3-12-28-26(10-1)20-23-36-41(28)42-29-13-4-2-11-27(29)21-24-37(42)43(36)35-25-22-31(30-14-5-6-15-32(30)35)33-17-9-19-39-40(33)34-16-7-8-18-38(34)44-39/h1-25H. The second-order valence-corrected chi connectivity index (χ2v) is 11.7. The van der Waals surface area contributed by atoms with E-state index in [1.807, 2.05) is 6.07 Å². The molecule has 0 spiro atoms. The molecule has 0 bridgehead atoms. The Bertz CT molecular complexity index is 2680. The molecule has 8 aromatic carbocycles. The molecule has 0 saturated carbocycles. The SMILES string of the molecule is c1ccc2c(c1)ccc1c2c2c3ccccc3ccc2n1-c1ccc(-c2cccc3oc4ccccc4c23)c2ccccc12. The molecule has 2 heterocycles. The van der Waals surface area contributed by atoms with Crippen LogP contribution in [0.3, 0.4) is 0 Å². The molecular formula is C42H25NO. The first-order chi connectivity index (χ1) is 21.8. The molecule has 2 nitrogen and oxygen atoms in total. The Morgan fingerprint density at radius 2 is 0.909 bits per heavy atom. The van der Waals surface area contributed by atoms with Crippen molar-refractivity contribution in [3.8, 4) is 16.8 Å². The minimum absolute atomic E-state index is 0.915. The predicted molar refractivity (Wildman–Crippen MR) is 186 cm³/mol. The van der Waals surface area contributed by atoms with E-state index in [1.165, 1.54) is 70.9 Å². The average Bonchev–Trinajstić information content (AvgIpc) is 3.64. The highest BCUT2D eigenvalue weighted by Crippen LogP contribution is 2.44. The van der Waals surface area contributed by atoms with Gasteiger partial charge in [0, 0.05) is 26.9 Å². The van der Waals surface area contributed by atoms with Crippen molar-refractivity contribution in [1.29, 1.82) is 0 Å². The number of para-hydroxylation sites is 1. The number of aromatic nitrogens is 1. The minimum Gasteiger partial charge on any atom is -0.456 e. The van der Waals surface area contributed by atoms with Gasteiger partial charge in [0.2, 0.25) is 0 Å². The third kappa shape index (κ3) is 3.14. The van der Waals surface area contributed by atoms with E-state index in [0.29, 0.717) is 0 Å². The van der Waals surface area contributed by atoms with Crippen molar-refractivity contribution in [1.82, 2.24) is 4.57 Å². The first kappa shape index (κ1) is 23.7. The zero-order chi connectivity index (χ0) is 28.8. The predicted octanol–water partition coefficient (Wildman–Crippen LogP) is 11.8. The molecule has 0 aliphatic carbocycles. The van der Waals surface area contributed by atoms with E-state index >= 15 is 0 Å². The molecule has 10 rings (SSSR count). The van der Waals surface area contributed by atoms with Crippen LogP contribution in [0.15, 0.2) is 156 Å². The van der Waals surface area contributed by atoms with Crippen LogP contribution in [0.25, 0.3) is 92.9 Å². The summed E-state index contributed by atoms with van der Waals surface area (Å²) in [6.45, 7) is 0. The van der Waals surface area contributed by atoms with Crippen LogP contribution in [0.4, 0.5) is 0 Å². The average molecular weight is 560 g/mol. The molecular weight excluding hydrogens is 534 g/mol. The topological polar surface area (TPSA) is 18.1 Å². The lowest BCUT2D eigenvalue weighted by Crippen LogP contribution is -1.96. The number of furan rings is 1. The summed E-state index contributed by atoms with van der Waals surface area (Å²) in [5.74, 6) is 0. The van der Waals surface area contributed by atoms with Crippen molar-refractivity contribution in [2.45, 2.75) is 0 Å². The Balaban J connectivity index is 1.34. The summed E-state index contributed by atoms with van der Waals surface area (Å²) < 4.78 is 8.75. The van der Waals surface area contributed by atoms with Crippen LogP contribution in [-0.2, 0) is 0 Å². The number of fused-ring (bicyclic) bond motifs is 11. The maximum absolute atomic E-state index is 6.27. The Kier molecular flexibility index (Phi) is 4.75. The monoisotopic (exact) mass is 559 g/mol. The Morgan fingerprint density at radius 3 is 1.61 bits per heavy atom. The first-order valence-corrected chi connectivity index (χ1v) is 15.1. The van der Waals surface area contributed by atoms with Gasteiger partial charge in [-0.15, -0.1) is 0 Å². The van der Waals surface area contributed by atoms with Crippen molar-refractivity contribution in [3.05, 3.63) is 152 Å². The molecule has 0 unspecified atom stereocenters. The minimum atomic E-state index is 0.915. The van der Waals surface area contributed by atoms with Gasteiger partial charge < -0.3 is 8.98 Å². The van der Waals surface area contributed by atoms with E-state index in [1.54, 1.807) is 0 Å². The molecule has 0 aliphatic rings.